The van der Waals surface area contributed by atoms with Crippen molar-refractivity contribution in [3.63, 3.8) is 0 Å². The quantitative estimate of drug-likeness (QED) is 0.861. The number of aliphatic hydroxyl groups excluding tert-OH is 1. The zero-order valence-electron chi connectivity index (χ0n) is 8.57. The number of nitriles is 1. The Morgan fingerprint density at radius 3 is 2.60 bits per heavy atom. The molecule has 0 amide bonds. The minimum atomic E-state index is -0.565. The molecule has 1 aromatic carbocycles. The van der Waals surface area contributed by atoms with Gasteiger partial charge in [0.1, 0.15) is 11.8 Å². The van der Waals surface area contributed by atoms with E-state index in [1.807, 2.05) is 6.07 Å². The molecule has 3 nitrogen and oxygen atoms in total. The average Bonchev–Trinajstić information content (AvgIpc) is 2.20. The number of aliphatic hydroxyl groups is 1. The van der Waals surface area contributed by atoms with Crippen LogP contribution in [0.15, 0.2) is 18.2 Å². The smallest absolute Gasteiger partial charge is 0.181 e. The number of hydrogen-bond acceptors (Lipinski definition) is 3. The van der Waals surface area contributed by atoms with Crippen molar-refractivity contribution in [1.29, 1.82) is 5.26 Å². The van der Waals surface area contributed by atoms with Crippen molar-refractivity contribution in [1.82, 2.24) is 0 Å². The van der Waals surface area contributed by atoms with Gasteiger partial charge in [-0.25, -0.2) is 0 Å². The first-order chi connectivity index (χ1) is 7.04. The Balaban J connectivity index is 2.89. The Hall–Kier alpha value is -1.24. The van der Waals surface area contributed by atoms with Crippen LogP contribution >= 0.6 is 11.6 Å². The molecule has 2 atom stereocenters. The van der Waals surface area contributed by atoms with Crippen molar-refractivity contribution in [2.75, 3.05) is 0 Å². The maximum absolute atomic E-state index is 9.32. The summed E-state index contributed by atoms with van der Waals surface area (Å²) >= 11 is 5.93. The lowest BCUT2D eigenvalue weighted by atomic mass is 10.1. The second-order valence-corrected chi connectivity index (χ2v) is 3.66. The van der Waals surface area contributed by atoms with Crippen molar-refractivity contribution in [3.8, 4) is 11.8 Å². The fourth-order valence-electron chi connectivity index (χ4n) is 1.09. The first-order valence-electron chi connectivity index (χ1n) is 4.58. The maximum Gasteiger partial charge on any atom is 0.181 e. The summed E-state index contributed by atoms with van der Waals surface area (Å²) in [5.74, 6) is 0.454. The number of hydrogen-bond donors (Lipinski definition) is 1. The molecule has 0 aliphatic rings. The third-order valence-electron chi connectivity index (χ3n) is 1.92. The van der Waals surface area contributed by atoms with E-state index in [0.29, 0.717) is 10.8 Å². The van der Waals surface area contributed by atoms with Crippen LogP contribution in [0.2, 0.25) is 5.02 Å². The molecule has 0 bridgehead atoms. The van der Waals surface area contributed by atoms with E-state index in [1.165, 1.54) is 0 Å². The van der Waals surface area contributed by atoms with Gasteiger partial charge in [-0.1, -0.05) is 17.7 Å². The Bertz CT molecular complexity index is 385. The van der Waals surface area contributed by atoms with E-state index in [-0.39, 0.29) is 0 Å². The summed E-state index contributed by atoms with van der Waals surface area (Å²) in [6.07, 6.45) is -1.11. The zero-order chi connectivity index (χ0) is 11.4. The molecule has 1 aromatic rings. The first-order valence-corrected chi connectivity index (χ1v) is 4.96. The summed E-state index contributed by atoms with van der Waals surface area (Å²) < 4.78 is 5.25. The van der Waals surface area contributed by atoms with Gasteiger partial charge in [-0.15, -0.1) is 0 Å². The fraction of sp³-hybridized carbons (Fsp3) is 0.364. The van der Waals surface area contributed by atoms with Crippen LogP contribution in [-0.4, -0.2) is 11.2 Å². The van der Waals surface area contributed by atoms with E-state index in [0.717, 1.165) is 5.56 Å². The van der Waals surface area contributed by atoms with Gasteiger partial charge < -0.3 is 9.84 Å². The summed E-state index contributed by atoms with van der Waals surface area (Å²) in [6, 6.07) is 6.95. The lowest BCUT2D eigenvalue weighted by Gasteiger charge is -2.11. The fourth-order valence-corrected chi connectivity index (χ4v) is 1.32. The predicted octanol–water partition coefficient (Wildman–Crippen LogP) is 2.68. The predicted molar refractivity (Wildman–Crippen MR) is 57.8 cm³/mol. The number of halogens is 1. The topological polar surface area (TPSA) is 53.2 Å². The van der Waals surface area contributed by atoms with Crippen molar-refractivity contribution < 1.29 is 9.84 Å². The molecule has 4 heteroatoms. The van der Waals surface area contributed by atoms with E-state index in [4.69, 9.17) is 21.6 Å². The Labute approximate surface area is 93.9 Å². The third kappa shape index (κ3) is 3.12. The molecule has 1 rings (SSSR count). The van der Waals surface area contributed by atoms with Gasteiger partial charge in [-0.3, -0.25) is 0 Å². The van der Waals surface area contributed by atoms with E-state index >= 15 is 0 Å². The van der Waals surface area contributed by atoms with E-state index < -0.39 is 12.2 Å². The summed E-state index contributed by atoms with van der Waals surface area (Å²) in [4.78, 5) is 0. The summed E-state index contributed by atoms with van der Waals surface area (Å²) in [5, 5.41) is 18.3. The van der Waals surface area contributed by atoms with Crippen molar-refractivity contribution in [2.24, 2.45) is 0 Å². The van der Waals surface area contributed by atoms with Crippen LogP contribution in [0.25, 0.3) is 0 Å². The molecule has 80 valence electrons. The highest BCUT2D eigenvalue weighted by Crippen LogP contribution is 2.28. The highest BCUT2D eigenvalue weighted by atomic mass is 35.5. The van der Waals surface area contributed by atoms with Crippen LogP contribution in [0.3, 0.4) is 0 Å². The van der Waals surface area contributed by atoms with Crippen LogP contribution in [-0.2, 0) is 0 Å². The monoisotopic (exact) mass is 225 g/mol. The Morgan fingerprint density at radius 1 is 1.47 bits per heavy atom. The number of benzene rings is 1. The molecule has 0 heterocycles. The maximum atomic E-state index is 9.32. The van der Waals surface area contributed by atoms with Crippen LogP contribution in [0.1, 0.15) is 25.5 Å². The minimum absolute atomic E-state index is 0.399. The van der Waals surface area contributed by atoms with Crippen molar-refractivity contribution >= 4 is 11.6 Å². The highest BCUT2D eigenvalue weighted by molar-refractivity contribution is 6.32. The third-order valence-corrected chi connectivity index (χ3v) is 2.22. The van der Waals surface area contributed by atoms with E-state index in [2.05, 4.69) is 0 Å². The lowest BCUT2D eigenvalue weighted by molar-refractivity contribution is 0.199. The molecule has 1 unspecified atom stereocenters. The second-order valence-electron chi connectivity index (χ2n) is 3.26. The first kappa shape index (κ1) is 11.8. The van der Waals surface area contributed by atoms with Crippen LogP contribution in [0.4, 0.5) is 0 Å². The van der Waals surface area contributed by atoms with Gasteiger partial charge in [0, 0.05) is 0 Å². The SMILES string of the molecule is CC(C#N)Oc1ccc([C@@H](C)O)cc1Cl. The van der Waals surface area contributed by atoms with Gasteiger partial charge in [-0.2, -0.15) is 5.26 Å². The van der Waals surface area contributed by atoms with Crippen LogP contribution in [0, 0.1) is 11.3 Å². The average molecular weight is 226 g/mol. The van der Waals surface area contributed by atoms with Gasteiger partial charge in [0.15, 0.2) is 6.10 Å². The molecule has 0 spiro atoms. The Kier molecular flexibility index (Phi) is 3.96. The summed E-state index contributed by atoms with van der Waals surface area (Å²) in [7, 11) is 0. The van der Waals surface area contributed by atoms with Crippen molar-refractivity contribution in [2.45, 2.75) is 26.1 Å². The van der Waals surface area contributed by atoms with Crippen molar-refractivity contribution in [3.05, 3.63) is 28.8 Å². The highest BCUT2D eigenvalue weighted by Gasteiger charge is 2.08. The van der Waals surface area contributed by atoms with Gasteiger partial charge in [0.05, 0.1) is 11.1 Å². The van der Waals surface area contributed by atoms with Gasteiger partial charge in [-0.05, 0) is 31.5 Å². The van der Waals surface area contributed by atoms with Gasteiger partial charge in [0.25, 0.3) is 0 Å². The van der Waals surface area contributed by atoms with Crippen LogP contribution in [0.5, 0.6) is 5.75 Å². The van der Waals surface area contributed by atoms with Crippen LogP contribution < -0.4 is 4.74 Å². The molecule has 0 saturated carbocycles. The van der Waals surface area contributed by atoms with Gasteiger partial charge in [0.2, 0.25) is 0 Å². The van der Waals surface area contributed by atoms with E-state index in [1.54, 1.807) is 32.0 Å². The molecular formula is C11H12ClNO2. The van der Waals surface area contributed by atoms with E-state index in [9.17, 15) is 5.11 Å². The molecule has 0 fully saturated rings. The standard InChI is InChI=1S/C11H12ClNO2/c1-7(6-13)15-11-4-3-9(8(2)14)5-10(11)12/h3-5,7-8,14H,1-2H3/t7?,8-/m1/s1. The largest absolute Gasteiger partial charge is 0.474 e. The summed E-state index contributed by atoms with van der Waals surface area (Å²) in [6.45, 7) is 3.29. The molecule has 15 heavy (non-hydrogen) atoms. The summed E-state index contributed by atoms with van der Waals surface area (Å²) in [5.41, 5.74) is 0.719. The zero-order valence-corrected chi connectivity index (χ0v) is 9.32. The molecular weight excluding hydrogens is 214 g/mol. The number of nitrogens with zero attached hydrogens (tertiary/aromatic N) is 1. The normalized spacial score (nSPS) is 14.1. The molecule has 0 saturated heterocycles. The molecule has 0 aliphatic carbocycles. The molecule has 0 aliphatic heterocycles. The Morgan fingerprint density at radius 2 is 2.13 bits per heavy atom. The number of rotatable bonds is 3. The molecule has 0 radical (unpaired) electrons. The molecule has 1 N–H and O–H groups in total. The minimum Gasteiger partial charge on any atom is -0.474 e. The lowest BCUT2D eigenvalue weighted by Crippen LogP contribution is -2.08. The molecule has 0 aromatic heterocycles. The number of ether oxygens (including phenoxy) is 1. The second kappa shape index (κ2) is 5.01. The van der Waals surface area contributed by atoms with Gasteiger partial charge >= 0.3 is 0 Å².